The van der Waals surface area contributed by atoms with E-state index in [1.807, 2.05) is 24.0 Å². The third-order valence-corrected chi connectivity index (χ3v) is 4.01. The fourth-order valence-corrected chi connectivity index (χ4v) is 2.64. The molecule has 1 aromatic carbocycles. The van der Waals surface area contributed by atoms with E-state index in [2.05, 4.69) is 5.32 Å². The number of morpholine rings is 1. The fourth-order valence-electron chi connectivity index (χ4n) is 2.64. The molecule has 1 atom stereocenters. The van der Waals surface area contributed by atoms with Gasteiger partial charge in [-0.1, -0.05) is 29.8 Å². The van der Waals surface area contributed by atoms with Crippen molar-refractivity contribution in [2.75, 3.05) is 26.3 Å². The molecule has 0 saturated carbocycles. The number of carbonyl (C=O) groups is 2. The first kappa shape index (κ1) is 16.4. The molecule has 0 aliphatic carbocycles. The molecular formula is C18H20N2O4. The lowest BCUT2D eigenvalue weighted by atomic mass is 10.1. The van der Waals surface area contributed by atoms with Gasteiger partial charge in [0.15, 0.2) is 11.5 Å². The lowest BCUT2D eigenvalue weighted by Gasteiger charge is -2.33. The predicted molar refractivity (Wildman–Crippen MR) is 87.9 cm³/mol. The Morgan fingerprint density at radius 3 is 2.46 bits per heavy atom. The Bertz CT molecular complexity index is 688. The van der Waals surface area contributed by atoms with Crippen LogP contribution in [0.4, 0.5) is 0 Å². The number of Topliss-reactive ketones (excluding diaryl/α,β-unsaturated/α-hetero) is 1. The molecule has 2 heterocycles. The smallest absolute Gasteiger partial charge is 0.288 e. The second-order valence-electron chi connectivity index (χ2n) is 5.73. The van der Waals surface area contributed by atoms with Crippen LogP contribution in [-0.4, -0.2) is 49.1 Å². The second-order valence-corrected chi connectivity index (χ2v) is 5.73. The van der Waals surface area contributed by atoms with E-state index in [0.29, 0.717) is 31.9 Å². The largest absolute Gasteiger partial charge is 0.459 e. The molecule has 1 aromatic heterocycles. The van der Waals surface area contributed by atoms with Gasteiger partial charge in [0.2, 0.25) is 0 Å². The number of amides is 1. The summed E-state index contributed by atoms with van der Waals surface area (Å²) in [7, 11) is 0. The van der Waals surface area contributed by atoms with Crippen LogP contribution >= 0.6 is 0 Å². The molecule has 24 heavy (non-hydrogen) atoms. The van der Waals surface area contributed by atoms with Gasteiger partial charge in [0.1, 0.15) is 6.17 Å². The maximum atomic E-state index is 12.9. The number of aryl methyl sites for hydroxylation is 1. The molecule has 6 heteroatoms. The zero-order valence-corrected chi connectivity index (χ0v) is 13.5. The third-order valence-electron chi connectivity index (χ3n) is 4.01. The van der Waals surface area contributed by atoms with Crippen molar-refractivity contribution in [3.05, 3.63) is 59.5 Å². The summed E-state index contributed by atoms with van der Waals surface area (Å²) in [6, 6.07) is 10.5. The summed E-state index contributed by atoms with van der Waals surface area (Å²) >= 11 is 0. The van der Waals surface area contributed by atoms with Crippen LogP contribution in [0.1, 0.15) is 26.5 Å². The van der Waals surface area contributed by atoms with Crippen molar-refractivity contribution in [2.45, 2.75) is 13.1 Å². The van der Waals surface area contributed by atoms with Crippen molar-refractivity contribution in [3.8, 4) is 0 Å². The van der Waals surface area contributed by atoms with E-state index in [0.717, 1.165) is 5.56 Å². The molecule has 1 N–H and O–H groups in total. The van der Waals surface area contributed by atoms with Gasteiger partial charge in [-0.3, -0.25) is 14.5 Å². The molecular weight excluding hydrogens is 308 g/mol. The Labute approximate surface area is 140 Å². The molecule has 3 rings (SSSR count). The van der Waals surface area contributed by atoms with Gasteiger partial charge >= 0.3 is 0 Å². The van der Waals surface area contributed by atoms with Crippen molar-refractivity contribution in [3.63, 3.8) is 0 Å². The molecule has 1 aliphatic rings. The first-order valence-corrected chi connectivity index (χ1v) is 7.92. The summed E-state index contributed by atoms with van der Waals surface area (Å²) in [5.41, 5.74) is 1.64. The summed E-state index contributed by atoms with van der Waals surface area (Å²) < 4.78 is 10.5. The predicted octanol–water partition coefficient (Wildman–Crippen LogP) is 1.86. The number of hydrogen-bond acceptors (Lipinski definition) is 5. The van der Waals surface area contributed by atoms with E-state index < -0.39 is 12.1 Å². The van der Waals surface area contributed by atoms with Crippen LogP contribution in [0, 0.1) is 6.92 Å². The summed E-state index contributed by atoms with van der Waals surface area (Å²) in [6.45, 7) is 4.20. The summed E-state index contributed by atoms with van der Waals surface area (Å²) in [5.74, 6) is -0.362. The zero-order valence-electron chi connectivity index (χ0n) is 13.5. The third kappa shape index (κ3) is 3.72. The number of rotatable bonds is 5. The number of nitrogens with one attached hydrogen (secondary N) is 1. The van der Waals surface area contributed by atoms with E-state index in [9.17, 15) is 9.59 Å². The highest BCUT2D eigenvalue weighted by Crippen LogP contribution is 2.12. The van der Waals surface area contributed by atoms with Crippen molar-refractivity contribution in [1.29, 1.82) is 0 Å². The summed E-state index contributed by atoms with van der Waals surface area (Å²) in [5, 5.41) is 2.79. The Morgan fingerprint density at radius 2 is 1.83 bits per heavy atom. The van der Waals surface area contributed by atoms with Crippen molar-refractivity contribution < 1.29 is 18.7 Å². The van der Waals surface area contributed by atoms with E-state index in [4.69, 9.17) is 9.15 Å². The van der Waals surface area contributed by atoms with Crippen LogP contribution in [0.3, 0.4) is 0 Å². The lowest BCUT2D eigenvalue weighted by Crippen LogP contribution is -2.56. The lowest BCUT2D eigenvalue weighted by molar-refractivity contribution is 0.0108. The van der Waals surface area contributed by atoms with E-state index in [-0.39, 0.29) is 11.5 Å². The number of ketones is 1. The van der Waals surface area contributed by atoms with Gasteiger partial charge in [-0.15, -0.1) is 0 Å². The monoisotopic (exact) mass is 328 g/mol. The Morgan fingerprint density at radius 1 is 1.12 bits per heavy atom. The van der Waals surface area contributed by atoms with E-state index in [1.54, 1.807) is 24.3 Å². The van der Waals surface area contributed by atoms with Crippen LogP contribution in [0.5, 0.6) is 0 Å². The minimum absolute atomic E-state index is 0.142. The highest BCUT2D eigenvalue weighted by atomic mass is 16.5. The van der Waals surface area contributed by atoms with Gasteiger partial charge in [-0.25, -0.2) is 0 Å². The van der Waals surface area contributed by atoms with Crippen LogP contribution in [0.2, 0.25) is 0 Å². The molecule has 1 fully saturated rings. The molecule has 126 valence electrons. The SMILES string of the molecule is Cc1ccc(C(=O)[C@@H](NC(=O)c2ccco2)N2CCOCC2)cc1. The van der Waals surface area contributed by atoms with Crippen LogP contribution in [-0.2, 0) is 4.74 Å². The Hall–Kier alpha value is -2.44. The Balaban J connectivity index is 1.82. The quantitative estimate of drug-likeness (QED) is 0.848. The molecule has 1 aliphatic heterocycles. The number of hydrogen-bond donors (Lipinski definition) is 1. The summed E-state index contributed by atoms with van der Waals surface area (Å²) in [4.78, 5) is 27.2. The minimum Gasteiger partial charge on any atom is -0.459 e. The van der Waals surface area contributed by atoms with Gasteiger partial charge in [-0.2, -0.15) is 0 Å². The van der Waals surface area contributed by atoms with E-state index >= 15 is 0 Å². The van der Waals surface area contributed by atoms with Crippen molar-refractivity contribution in [1.82, 2.24) is 10.2 Å². The number of benzene rings is 1. The van der Waals surface area contributed by atoms with Gasteiger partial charge < -0.3 is 14.5 Å². The first-order valence-electron chi connectivity index (χ1n) is 7.92. The van der Waals surface area contributed by atoms with Gasteiger partial charge in [0.25, 0.3) is 5.91 Å². The van der Waals surface area contributed by atoms with Crippen LogP contribution in [0.15, 0.2) is 47.1 Å². The molecule has 2 aromatic rings. The van der Waals surface area contributed by atoms with Crippen LogP contribution in [0.25, 0.3) is 0 Å². The van der Waals surface area contributed by atoms with Gasteiger partial charge in [0.05, 0.1) is 19.5 Å². The second kappa shape index (κ2) is 7.42. The van der Waals surface area contributed by atoms with Gasteiger partial charge in [0, 0.05) is 18.7 Å². The zero-order chi connectivity index (χ0) is 16.9. The normalized spacial score (nSPS) is 16.5. The number of nitrogens with zero attached hydrogens (tertiary/aromatic N) is 1. The molecule has 0 unspecified atom stereocenters. The number of ether oxygens (including phenoxy) is 1. The summed E-state index contributed by atoms with van der Waals surface area (Å²) in [6.07, 6.45) is 0.690. The molecule has 1 amide bonds. The highest BCUT2D eigenvalue weighted by Gasteiger charge is 2.30. The van der Waals surface area contributed by atoms with E-state index in [1.165, 1.54) is 6.26 Å². The van der Waals surface area contributed by atoms with Gasteiger partial charge in [-0.05, 0) is 19.1 Å². The number of furan rings is 1. The molecule has 0 radical (unpaired) electrons. The minimum atomic E-state index is -0.741. The number of carbonyl (C=O) groups excluding carboxylic acids is 2. The average Bonchev–Trinajstić information content (AvgIpc) is 3.15. The maximum Gasteiger partial charge on any atom is 0.288 e. The highest BCUT2D eigenvalue weighted by molar-refractivity contribution is 6.03. The average molecular weight is 328 g/mol. The molecule has 6 nitrogen and oxygen atoms in total. The first-order chi connectivity index (χ1) is 11.6. The van der Waals surface area contributed by atoms with Crippen LogP contribution < -0.4 is 5.32 Å². The molecule has 1 saturated heterocycles. The Kier molecular flexibility index (Phi) is 5.08. The van der Waals surface area contributed by atoms with Crippen molar-refractivity contribution in [2.24, 2.45) is 0 Å². The molecule has 0 bridgehead atoms. The van der Waals surface area contributed by atoms with Crippen molar-refractivity contribution >= 4 is 11.7 Å². The standard InChI is InChI=1S/C18H20N2O4/c1-13-4-6-14(7-5-13)16(21)17(20-8-11-23-12-9-20)19-18(22)15-3-2-10-24-15/h2-7,10,17H,8-9,11-12H2,1H3,(H,19,22)/t17-/m0/s1. The topological polar surface area (TPSA) is 71.8 Å². The molecule has 0 spiro atoms. The fraction of sp³-hybridized carbons (Fsp3) is 0.333. The maximum absolute atomic E-state index is 12.9.